The number of aryl methyl sites for hydroxylation is 1. The van der Waals surface area contributed by atoms with Gasteiger partial charge in [-0.15, -0.1) is 0 Å². The first kappa shape index (κ1) is 12.6. The lowest BCUT2D eigenvalue weighted by atomic mass is 10.0. The quantitative estimate of drug-likeness (QED) is 0.814. The smallest absolute Gasteiger partial charge is 0.140 e. The number of aromatic nitrogens is 2. The molecular formula is C16H16IN3. The van der Waals surface area contributed by atoms with E-state index in [1.165, 1.54) is 29.7 Å². The van der Waals surface area contributed by atoms with Gasteiger partial charge in [0.15, 0.2) is 0 Å². The molecule has 3 nitrogen and oxygen atoms in total. The zero-order valence-corrected chi connectivity index (χ0v) is 13.3. The average molecular weight is 377 g/mol. The Morgan fingerprint density at radius 1 is 1.10 bits per heavy atom. The van der Waals surface area contributed by atoms with Crippen LogP contribution in [0.1, 0.15) is 53.7 Å². The fourth-order valence-corrected chi connectivity index (χ4v) is 3.79. The summed E-state index contributed by atoms with van der Waals surface area (Å²) in [6, 6.07) is 8.64. The van der Waals surface area contributed by atoms with Gasteiger partial charge in [-0.2, -0.15) is 0 Å². The first-order chi connectivity index (χ1) is 9.74. The Labute approximate surface area is 132 Å². The highest BCUT2D eigenvalue weighted by Crippen LogP contribution is 2.43. The summed E-state index contributed by atoms with van der Waals surface area (Å²) in [5.74, 6) is 2.52. The molecule has 0 spiro atoms. The van der Waals surface area contributed by atoms with E-state index in [1.54, 1.807) is 0 Å². The molecule has 0 bridgehead atoms. The Kier molecular flexibility index (Phi) is 2.94. The number of halogens is 1. The molecule has 1 unspecified atom stereocenters. The van der Waals surface area contributed by atoms with E-state index in [9.17, 15) is 0 Å². The fraction of sp³-hybridized carbons (Fsp3) is 0.375. The SMILES string of the molecule is Nc1nc(C2CCc3ccccc32)nc(C2CC2)c1I. The molecule has 2 aliphatic rings. The highest BCUT2D eigenvalue weighted by Gasteiger charge is 2.32. The molecule has 1 saturated carbocycles. The summed E-state index contributed by atoms with van der Waals surface area (Å²) in [6.45, 7) is 0. The normalized spacial score (nSPS) is 20.9. The van der Waals surface area contributed by atoms with Crippen LogP contribution in [0.3, 0.4) is 0 Å². The molecule has 2 aliphatic carbocycles. The number of nitrogen functional groups attached to an aromatic ring is 1. The van der Waals surface area contributed by atoms with E-state index in [-0.39, 0.29) is 0 Å². The van der Waals surface area contributed by atoms with Crippen molar-refractivity contribution in [2.24, 2.45) is 0 Å². The van der Waals surface area contributed by atoms with Gasteiger partial charge in [0, 0.05) is 11.8 Å². The fourth-order valence-electron chi connectivity index (χ4n) is 3.11. The van der Waals surface area contributed by atoms with Crippen molar-refractivity contribution in [3.63, 3.8) is 0 Å². The van der Waals surface area contributed by atoms with Crippen molar-refractivity contribution in [1.82, 2.24) is 9.97 Å². The third-order valence-corrected chi connectivity index (χ3v) is 5.43. The molecule has 2 aromatic rings. The standard InChI is InChI=1S/C16H16IN3/c17-13-14(10-5-6-10)19-16(20-15(13)18)12-8-7-9-3-1-2-4-11(9)12/h1-4,10,12H,5-8H2,(H2,18,19,20). The number of hydrogen-bond donors (Lipinski definition) is 1. The van der Waals surface area contributed by atoms with Crippen LogP contribution in [0.15, 0.2) is 24.3 Å². The summed E-state index contributed by atoms with van der Waals surface area (Å²) < 4.78 is 1.06. The molecular weight excluding hydrogens is 361 g/mol. The number of anilines is 1. The summed E-state index contributed by atoms with van der Waals surface area (Å²) >= 11 is 2.29. The van der Waals surface area contributed by atoms with Crippen LogP contribution in [-0.4, -0.2) is 9.97 Å². The Morgan fingerprint density at radius 3 is 2.70 bits per heavy atom. The van der Waals surface area contributed by atoms with Crippen molar-refractivity contribution in [2.75, 3.05) is 5.73 Å². The molecule has 0 saturated heterocycles. The summed E-state index contributed by atoms with van der Waals surface area (Å²) in [5.41, 5.74) is 10.1. The molecule has 0 aliphatic heterocycles. The highest BCUT2D eigenvalue weighted by atomic mass is 127. The molecule has 20 heavy (non-hydrogen) atoms. The van der Waals surface area contributed by atoms with Gasteiger partial charge in [0.2, 0.25) is 0 Å². The Bertz CT molecular complexity index is 679. The molecule has 1 fully saturated rings. The summed E-state index contributed by atoms with van der Waals surface area (Å²) in [6.07, 6.45) is 4.71. The van der Waals surface area contributed by atoms with E-state index in [4.69, 9.17) is 10.7 Å². The molecule has 2 N–H and O–H groups in total. The average Bonchev–Trinajstić information content (AvgIpc) is 3.21. The lowest BCUT2D eigenvalue weighted by Crippen LogP contribution is -2.10. The maximum absolute atomic E-state index is 6.12. The predicted molar refractivity (Wildman–Crippen MR) is 87.7 cm³/mol. The van der Waals surface area contributed by atoms with E-state index >= 15 is 0 Å². The third-order valence-electron chi connectivity index (χ3n) is 4.33. The lowest BCUT2D eigenvalue weighted by Gasteiger charge is -2.14. The van der Waals surface area contributed by atoms with Crippen molar-refractivity contribution in [2.45, 2.75) is 37.5 Å². The first-order valence-electron chi connectivity index (χ1n) is 7.14. The Morgan fingerprint density at radius 2 is 1.90 bits per heavy atom. The predicted octanol–water partition coefficient (Wildman–Crippen LogP) is 3.62. The van der Waals surface area contributed by atoms with E-state index in [0.717, 1.165) is 22.2 Å². The van der Waals surface area contributed by atoms with Crippen molar-refractivity contribution in [3.05, 3.63) is 50.5 Å². The number of fused-ring (bicyclic) bond motifs is 1. The second kappa shape index (κ2) is 4.69. The van der Waals surface area contributed by atoms with Crippen molar-refractivity contribution in [3.8, 4) is 0 Å². The number of benzene rings is 1. The largest absolute Gasteiger partial charge is 0.383 e. The minimum atomic E-state index is 0.322. The number of rotatable bonds is 2. The van der Waals surface area contributed by atoms with Gasteiger partial charge in [-0.25, -0.2) is 9.97 Å². The molecule has 1 atom stereocenters. The maximum atomic E-state index is 6.12. The van der Waals surface area contributed by atoms with Crippen LogP contribution in [0.5, 0.6) is 0 Å². The number of hydrogen-bond acceptors (Lipinski definition) is 3. The Balaban J connectivity index is 1.80. The van der Waals surface area contributed by atoms with Gasteiger partial charge in [0.25, 0.3) is 0 Å². The zero-order valence-electron chi connectivity index (χ0n) is 11.1. The van der Waals surface area contributed by atoms with Gasteiger partial charge < -0.3 is 5.73 Å². The second-order valence-electron chi connectivity index (χ2n) is 5.73. The molecule has 1 heterocycles. The van der Waals surface area contributed by atoms with Crippen LogP contribution in [0, 0.1) is 3.57 Å². The monoisotopic (exact) mass is 377 g/mol. The minimum Gasteiger partial charge on any atom is -0.383 e. The highest BCUT2D eigenvalue weighted by molar-refractivity contribution is 14.1. The van der Waals surface area contributed by atoms with Crippen molar-refractivity contribution < 1.29 is 0 Å². The van der Waals surface area contributed by atoms with Gasteiger partial charge in [-0.1, -0.05) is 24.3 Å². The van der Waals surface area contributed by atoms with Gasteiger partial charge in [-0.3, -0.25) is 0 Å². The topological polar surface area (TPSA) is 51.8 Å². The van der Waals surface area contributed by atoms with Gasteiger partial charge in [0.1, 0.15) is 11.6 Å². The second-order valence-corrected chi connectivity index (χ2v) is 6.81. The molecule has 1 aromatic heterocycles. The van der Waals surface area contributed by atoms with E-state index in [2.05, 4.69) is 51.8 Å². The van der Waals surface area contributed by atoms with Crippen LogP contribution >= 0.6 is 22.6 Å². The third kappa shape index (κ3) is 2.01. The Hall–Kier alpha value is -1.17. The molecule has 102 valence electrons. The van der Waals surface area contributed by atoms with Crippen molar-refractivity contribution >= 4 is 28.4 Å². The van der Waals surface area contributed by atoms with Gasteiger partial charge in [0.05, 0.1) is 9.26 Å². The van der Waals surface area contributed by atoms with Gasteiger partial charge in [-0.05, 0) is 59.4 Å². The van der Waals surface area contributed by atoms with Crippen LogP contribution in [-0.2, 0) is 6.42 Å². The number of nitrogens with zero attached hydrogens (tertiary/aromatic N) is 2. The van der Waals surface area contributed by atoms with Crippen LogP contribution < -0.4 is 5.73 Å². The maximum Gasteiger partial charge on any atom is 0.140 e. The lowest BCUT2D eigenvalue weighted by molar-refractivity contribution is 0.718. The molecule has 4 heteroatoms. The summed E-state index contributed by atoms with van der Waals surface area (Å²) in [7, 11) is 0. The first-order valence-corrected chi connectivity index (χ1v) is 8.22. The van der Waals surface area contributed by atoms with Crippen LogP contribution in [0.2, 0.25) is 0 Å². The summed E-state index contributed by atoms with van der Waals surface area (Å²) in [5, 5.41) is 0. The van der Waals surface area contributed by atoms with E-state index < -0.39 is 0 Å². The molecule has 4 rings (SSSR count). The van der Waals surface area contributed by atoms with Crippen LogP contribution in [0.25, 0.3) is 0 Å². The summed E-state index contributed by atoms with van der Waals surface area (Å²) in [4.78, 5) is 9.46. The molecule has 0 radical (unpaired) electrons. The van der Waals surface area contributed by atoms with Gasteiger partial charge >= 0.3 is 0 Å². The minimum absolute atomic E-state index is 0.322. The van der Waals surface area contributed by atoms with E-state index in [1.807, 2.05) is 0 Å². The zero-order chi connectivity index (χ0) is 13.7. The van der Waals surface area contributed by atoms with Crippen molar-refractivity contribution in [1.29, 1.82) is 0 Å². The number of nitrogens with two attached hydrogens (primary N) is 1. The van der Waals surface area contributed by atoms with Crippen LogP contribution in [0.4, 0.5) is 5.82 Å². The molecule has 0 amide bonds. The van der Waals surface area contributed by atoms with E-state index in [0.29, 0.717) is 17.7 Å². The molecule has 1 aromatic carbocycles.